The van der Waals surface area contributed by atoms with Gasteiger partial charge in [0.15, 0.2) is 0 Å². The number of aromatic nitrogens is 1. The summed E-state index contributed by atoms with van der Waals surface area (Å²) < 4.78 is 19.0. The van der Waals surface area contributed by atoms with Gasteiger partial charge in [-0.1, -0.05) is 78.7 Å². The molecule has 57 heavy (non-hydrogen) atoms. The van der Waals surface area contributed by atoms with E-state index in [4.69, 9.17) is 25.8 Å². The number of carboxylic acids is 1. The molecule has 6 rings (SSSR count). The minimum atomic E-state index is -0.838. The zero-order valence-electron chi connectivity index (χ0n) is 32.4. The molecule has 0 aliphatic carbocycles. The van der Waals surface area contributed by atoms with Crippen LogP contribution in [0.4, 0.5) is 0 Å². The van der Waals surface area contributed by atoms with Crippen molar-refractivity contribution >= 4 is 17.6 Å². The van der Waals surface area contributed by atoms with Crippen LogP contribution in [0, 0.1) is 25.2 Å². The molecule has 3 N–H and O–H groups in total. The molecule has 4 aromatic carbocycles. The van der Waals surface area contributed by atoms with Crippen molar-refractivity contribution < 1.29 is 29.2 Å². The van der Waals surface area contributed by atoms with Gasteiger partial charge in [-0.15, -0.1) is 0 Å². The summed E-state index contributed by atoms with van der Waals surface area (Å²) in [5, 5.41) is 32.9. The van der Waals surface area contributed by atoms with E-state index < -0.39 is 12.0 Å². The van der Waals surface area contributed by atoms with Crippen molar-refractivity contribution in [3.05, 3.63) is 141 Å². The zero-order chi connectivity index (χ0) is 40.1. The Labute approximate surface area is 339 Å². The van der Waals surface area contributed by atoms with E-state index in [1.165, 1.54) is 6.20 Å². The van der Waals surface area contributed by atoms with Gasteiger partial charge in [0.2, 0.25) is 0 Å². The minimum Gasteiger partial charge on any atom is -0.493 e. The number of aliphatic hydroxyl groups excluding tert-OH is 1. The van der Waals surface area contributed by atoms with Crippen molar-refractivity contribution in [2.24, 2.45) is 0 Å². The van der Waals surface area contributed by atoms with Gasteiger partial charge in [0.25, 0.3) is 0 Å². The molecule has 296 valence electrons. The van der Waals surface area contributed by atoms with Crippen molar-refractivity contribution in [1.82, 2.24) is 15.2 Å². The molecular formula is C46H49ClN4O6. The highest BCUT2D eigenvalue weighted by Crippen LogP contribution is 2.37. The predicted octanol–water partition coefficient (Wildman–Crippen LogP) is 8.58. The van der Waals surface area contributed by atoms with Crippen LogP contribution in [0.15, 0.2) is 97.3 Å². The van der Waals surface area contributed by atoms with E-state index in [9.17, 15) is 20.3 Å². The van der Waals surface area contributed by atoms with Gasteiger partial charge in [-0.05, 0) is 97.8 Å². The fourth-order valence-electron chi connectivity index (χ4n) is 7.27. The Morgan fingerprint density at radius 1 is 0.912 bits per heavy atom. The van der Waals surface area contributed by atoms with Crippen molar-refractivity contribution in [3.8, 4) is 34.4 Å². The Hall–Kier alpha value is -5.44. The van der Waals surface area contributed by atoms with Crippen LogP contribution in [0.5, 0.6) is 17.2 Å². The number of pyridine rings is 1. The summed E-state index contributed by atoms with van der Waals surface area (Å²) in [5.41, 5.74) is 8.20. The first-order valence-corrected chi connectivity index (χ1v) is 19.7. The normalized spacial score (nSPS) is 14.8. The second kappa shape index (κ2) is 20.1. The molecule has 5 aromatic rings. The van der Waals surface area contributed by atoms with Gasteiger partial charge in [-0.25, -0.2) is 0 Å². The van der Waals surface area contributed by atoms with Crippen LogP contribution in [0.3, 0.4) is 0 Å². The van der Waals surface area contributed by atoms with E-state index in [1.54, 1.807) is 24.4 Å². The van der Waals surface area contributed by atoms with Gasteiger partial charge in [0.05, 0.1) is 29.8 Å². The second-order valence-electron chi connectivity index (χ2n) is 14.3. The number of piperidine rings is 1. The molecule has 0 unspecified atom stereocenters. The molecule has 11 heteroatoms. The van der Waals surface area contributed by atoms with Crippen LogP contribution in [0.1, 0.15) is 70.7 Å². The third-order valence-corrected chi connectivity index (χ3v) is 10.8. The molecule has 0 spiro atoms. The van der Waals surface area contributed by atoms with Crippen LogP contribution >= 0.6 is 11.6 Å². The molecule has 1 aromatic heterocycles. The smallest absolute Gasteiger partial charge is 0.320 e. The highest BCUT2D eigenvalue weighted by Gasteiger charge is 2.29. The molecule has 0 bridgehead atoms. The first kappa shape index (κ1) is 41.2. The third-order valence-electron chi connectivity index (χ3n) is 10.5. The molecule has 2 atom stereocenters. The van der Waals surface area contributed by atoms with Crippen molar-refractivity contribution in [1.29, 1.82) is 5.26 Å². The first-order valence-electron chi connectivity index (χ1n) is 19.3. The highest BCUT2D eigenvalue weighted by molar-refractivity contribution is 6.32. The topological polar surface area (TPSA) is 137 Å². The minimum absolute atomic E-state index is 0.0259. The van der Waals surface area contributed by atoms with Gasteiger partial charge in [-0.3, -0.25) is 14.7 Å². The fourth-order valence-corrected chi connectivity index (χ4v) is 7.51. The average molecular weight is 789 g/mol. The summed E-state index contributed by atoms with van der Waals surface area (Å²) in [6.45, 7) is 6.82. The molecule has 1 saturated heterocycles. The summed E-state index contributed by atoms with van der Waals surface area (Å²) in [6.07, 6.45) is 6.29. The number of rotatable bonds is 18. The number of nitrogens with zero attached hydrogens (tertiary/aromatic N) is 3. The Morgan fingerprint density at radius 3 is 2.46 bits per heavy atom. The lowest BCUT2D eigenvalue weighted by molar-refractivity contribution is -0.144. The van der Waals surface area contributed by atoms with E-state index >= 15 is 0 Å². The van der Waals surface area contributed by atoms with Gasteiger partial charge in [0.1, 0.15) is 42.6 Å². The third kappa shape index (κ3) is 10.7. The first-order chi connectivity index (χ1) is 27.7. The number of aliphatic carboxylic acids is 1. The number of halogens is 1. The Morgan fingerprint density at radius 2 is 1.68 bits per heavy atom. The maximum Gasteiger partial charge on any atom is 0.320 e. The summed E-state index contributed by atoms with van der Waals surface area (Å²) in [5.74, 6) is 0.941. The van der Waals surface area contributed by atoms with E-state index in [0.717, 1.165) is 69.5 Å². The van der Waals surface area contributed by atoms with Gasteiger partial charge in [0, 0.05) is 36.1 Å². The Kier molecular flexibility index (Phi) is 14.5. The number of carbonyl (C=O) groups is 1. The van der Waals surface area contributed by atoms with Gasteiger partial charge >= 0.3 is 5.97 Å². The molecule has 1 aliphatic rings. The Balaban J connectivity index is 1.15. The molecule has 10 nitrogen and oxygen atoms in total. The van der Waals surface area contributed by atoms with E-state index in [2.05, 4.69) is 42.4 Å². The zero-order valence-corrected chi connectivity index (χ0v) is 33.2. The van der Waals surface area contributed by atoms with Crippen LogP contribution in [-0.4, -0.2) is 58.4 Å². The molecule has 0 saturated carbocycles. The monoisotopic (exact) mass is 788 g/mol. The molecular weight excluding hydrogens is 740 g/mol. The largest absolute Gasteiger partial charge is 0.493 e. The number of ether oxygens (including phenoxy) is 3. The highest BCUT2D eigenvalue weighted by atomic mass is 35.5. The number of aliphatic hydroxyl groups is 1. The number of hydrogen-bond donors (Lipinski definition) is 3. The number of nitriles is 1. The van der Waals surface area contributed by atoms with Gasteiger partial charge < -0.3 is 29.7 Å². The van der Waals surface area contributed by atoms with Crippen LogP contribution in [0.25, 0.3) is 11.1 Å². The molecule has 0 radical (unpaired) electrons. The lowest BCUT2D eigenvalue weighted by atomic mass is 9.93. The standard InChI is InChI=1S/C46H49ClN4O6/c1-31-36(13-8-14-38(31)39-15-9-17-43(32(39)2)55-20-10-18-50-41(28-52)35-11-4-3-5-12-35)30-57-45-23-44(56-29-34-21-33(24-48)25-49-26-34)37(22-40(45)47)27-51-19-7-6-16-42(51)46(53)54/h3-5,8-9,11-15,17,21-23,25-26,41-42,50,52H,6-7,10,16,18-20,27-30H2,1-2H3,(H,53,54)/t41-,42-/m0/s1. The Bertz CT molecular complexity index is 2180. The number of nitrogens with one attached hydrogen (secondary N) is 1. The second-order valence-corrected chi connectivity index (χ2v) is 14.7. The van der Waals surface area contributed by atoms with Gasteiger partial charge in [-0.2, -0.15) is 5.26 Å². The number of benzene rings is 4. The summed E-state index contributed by atoms with van der Waals surface area (Å²) in [6, 6.07) is 28.9. The van der Waals surface area contributed by atoms with E-state index in [-0.39, 0.29) is 25.9 Å². The van der Waals surface area contributed by atoms with Crippen molar-refractivity contribution in [2.75, 3.05) is 26.3 Å². The van der Waals surface area contributed by atoms with Crippen molar-refractivity contribution in [2.45, 2.75) is 71.4 Å². The fraction of sp³-hybridized carbons (Fsp3) is 0.326. The number of hydrogen-bond acceptors (Lipinski definition) is 9. The average Bonchev–Trinajstić information content (AvgIpc) is 3.23. The predicted molar refractivity (Wildman–Crippen MR) is 220 cm³/mol. The maximum absolute atomic E-state index is 12.1. The summed E-state index contributed by atoms with van der Waals surface area (Å²) >= 11 is 6.87. The lowest BCUT2D eigenvalue weighted by Gasteiger charge is -2.33. The van der Waals surface area contributed by atoms with Crippen LogP contribution in [-0.2, 0) is 24.6 Å². The van der Waals surface area contributed by atoms with E-state index in [1.807, 2.05) is 59.5 Å². The molecule has 2 heterocycles. The molecule has 1 fully saturated rings. The molecule has 0 amide bonds. The van der Waals surface area contributed by atoms with Crippen LogP contribution < -0.4 is 19.5 Å². The SMILES string of the molecule is Cc1c(COc2cc(OCc3cncc(C#N)c3)c(CN3CCCC[C@H]3C(=O)O)cc2Cl)cccc1-c1cccc(OCCCN[C@@H](CO)c2ccccc2)c1C. The maximum atomic E-state index is 12.1. The number of likely N-dealkylation sites (tertiary alicyclic amines) is 1. The lowest BCUT2D eigenvalue weighted by Crippen LogP contribution is -2.44. The van der Waals surface area contributed by atoms with Crippen LogP contribution in [0.2, 0.25) is 5.02 Å². The summed E-state index contributed by atoms with van der Waals surface area (Å²) in [4.78, 5) is 18.2. The quantitative estimate of drug-likeness (QED) is 0.0741. The summed E-state index contributed by atoms with van der Waals surface area (Å²) in [7, 11) is 0. The number of carboxylic acid groups (broad SMARTS) is 1. The van der Waals surface area contributed by atoms with Crippen molar-refractivity contribution in [3.63, 3.8) is 0 Å². The molecule has 1 aliphatic heterocycles. The van der Waals surface area contributed by atoms with E-state index in [0.29, 0.717) is 54.7 Å².